The van der Waals surface area contributed by atoms with E-state index in [2.05, 4.69) is 5.32 Å². The normalized spacial score (nSPS) is 23.9. The van der Waals surface area contributed by atoms with Gasteiger partial charge in [0.1, 0.15) is 18.7 Å². The molecule has 3 saturated heterocycles. The zero-order valence-electron chi connectivity index (χ0n) is 15.8. The topological polar surface area (TPSA) is 80.3 Å². The van der Waals surface area contributed by atoms with Crippen molar-refractivity contribution in [2.75, 3.05) is 49.4 Å². The molecule has 0 saturated carbocycles. The molecular weight excluding hydrogens is 369 g/mol. The SMILES string of the molecule is CC(=O)NC[C@H]1CN(c2ccc(N3CCC4(CC3)COCO4)c(F)c2)C(=O)O1. The molecule has 0 unspecified atom stereocenters. The number of piperidine rings is 1. The van der Waals surface area contributed by atoms with Gasteiger partial charge in [-0.2, -0.15) is 0 Å². The summed E-state index contributed by atoms with van der Waals surface area (Å²) in [4.78, 5) is 26.5. The van der Waals surface area contributed by atoms with Crippen molar-refractivity contribution in [2.24, 2.45) is 0 Å². The molecule has 0 bridgehead atoms. The van der Waals surface area contributed by atoms with Gasteiger partial charge in [0.05, 0.1) is 36.7 Å². The molecule has 1 aromatic rings. The van der Waals surface area contributed by atoms with E-state index < -0.39 is 12.2 Å². The lowest BCUT2D eigenvalue weighted by molar-refractivity contribution is -0.119. The van der Waals surface area contributed by atoms with Gasteiger partial charge in [0, 0.05) is 20.0 Å². The van der Waals surface area contributed by atoms with Crippen molar-refractivity contribution in [2.45, 2.75) is 31.5 Å². The summed E-state index contributed by atoms with van der Waals surface area (Å²) in [6, 6.07) is 4.78. The summed E-state index contributed by atoms with van der Waals surface area (Å²) >= 11 is 0. The van der Waals surface area contributed by atoms with Gasteiger partial charge in [0.25, 0.3) is 0 Å². The molecule has 1 atom stereocenters. The minimum Gasteiger partial charge on any atom is -0.442 e. The van der Waals surface area contributed by atoms with Crippen molar-refractivity contribution in [3.8, 4) is 0 Å². The number of carbonyl (C=O) groups is 2. The third-order valence-corrected chi connectivity index (χ3v) is 5.52. The Morgan fingerprint density at radius 3 is 2.79 bits per heavy atom. The summed E-state index contributed by atoms with van der Waals surface area (Å²) in [5, 5.41) is 2.62. The molecule has 3 fully saturated rings. The van der Waals surface area contributed by atoms with Gasteiger partial charge in [0.15, 0.2) is 0 Å². The Morgan fingerprint density at radius 1 is 1.36 bits per heavy atom. The first kappa shape index (κ1) is 18.9. The average molecular weight is 393 g/mol. The van der Waals surface area contributed by atoms with Gasteiger partial charge in [-0.1, -0.05) is 0 Å². The Balaban J connectivity index is 1.41. The third-order valence-electron chi connectivity index (χ3n) is 5.52. The van der Waals surface area contributed by atoms with Gasteiger partial charge in [-0.05, 0) is 31.0 Å². The summed E-state index contributed by atoms with van der Waals surface area (Å²) in [5.41, 5.74) is 0.729. The highest BCUT2D eigenvalue weighted by atomic mass is 19.1. The lowest BCUT2D eigenvalue weighted by Crippen LogP contribution is -2.46. The summed E-state index contributed by atoms with van der Waals surface area (Å²) in [6.45, 7) is 4.20. The number of ether oxygens (including phenoxy) is 3. The van der Waals surface area contributed by atoms with Crippen LogP contribution in [0.15, 0.2) is 18.2 Å². The van der Waals surface area contributed by atoms with E-state index in [4.69, 9.17) is 14.2 Å². The molecule has 3 aliphatic rings. The molecule has 0 radical (unpaired) electrons. The van der Waals surface area contributed by atoms with Crippen molar-refractivity contribution < 1.29 is 28.2 Å². The van der Waals surface area contributed by atoms with Crippen LogP contribution in [-0.4, -0.2) is 63.3 Å². The summed E-state index contributed by atoms with van der Waals surface area (Å²) in [7, 11) is 0. The van der Waals surface area contributed by atoms with Crippen molar-refractivity contribution in [3.05, 3.63) is 24.0 Å². The molecule has 28 heavy (non-hydrogen) atoms. The molecule has 3 aliphatic heterocycles. The van der Waals surface area contributed by atoms with E-state index in [-0.39, 0.29) is 30.4 Å². The Hall–Kier alpha value is -2.39. The predicted molar refractivity (Wildman–Crippen MR) is 98.8 cm³/mol. The van der Waals surface area contributed by atoms with E-state index in [0.717, 1.165) is 12.8 Å². The van der Waals surface area contributed by atoms with Crippen LogP contribution < -0.4 is 15.1 Å². The Bertz CT molecular complexity index is 758. The van der Waals surface area contributed by atoms with E-state index in [1.807, 2.05) is 4.90 Å². The fourth-order valence-electron chi connectivity index (χ4n) is 3.90. The molecule has 1 spiro atoms. The lowest BCUT2D eigenvalue weighted by atomic mass is 9.92. The number of hydrogen-bond acceptors (Lipinski definition) is 6. The highest BCUT2D eigenvalue weighted by molar-refractivity contribution is 5.90. The molecule has 8 nitrogen and oxygen atoms in total. The fraction of sp³-hybridized carbons (Fsp3) is 0.579. The Labute approximate surface area is 162 Å². The highest BCUT2D eigenvalue weighted by Crippen LogP contribution is 2.34. The molecule has 9 heteroatoms. The van der Waals surface area contributed by atoms with Crippen LogP contribution in [0.1, 0.15) is 19.8 Å². The molecule has 1 aromatic carbocycles. The van der Waals surface area contributed by atoms with Crippen LogP contribution in [0.2, 0.25) is 0 Å². The van der Waals surface area contributed by atoms with Crippen LogP contribution in [0, 0.1) is 5.82 Å². The van der Waals surface area contributed by atoms with Gasteiger partial charge in [-0.3, -0.25) is 9.69 Å². The number of nitrogens with zero attached hydrogens (tertiary/aromatic N) is 2. The molecule has 4 rings (SSSR count). The van der Waals surface area contributed by atoms with Crippen LogP contribution in [-0.2, 0) is 19.0 Å². The molecule has 3 heterocycles. The second-order valence-electron chi connectivity index (χ2n) is 7.47. The minimum atomic E-state index is -0.541. The summed E-state index contributed by atoms with van der Waals surface area (Å²) < 4.78 is 31.1. The van der Waals surface area contributed by atoms with Gasteiger partial charge in [-0.15, -0.1) is 0 Å². The van der Waals surface area contributed by atoms with E-state index in [9.17, 15) is 14.0 Å². The van der Waals surface area contributed by atoms with Gasteiger partial charge < -0.3 is 24.4 Å². The predicted octanol–water partition coefficient (Wildman–Crippen LogP) is 1.63. The van der Waals surface area contributed by atoms with Crippen LogP contribution in [0.3, 0.4) is 0 Å². The maximum Gasteiger partial charge on any atom is 0.414 e. The number of rotatable bonds is 4. The monoisotopic (exact) mass is 393 g/mol. The third kappa shape index (κ3) is 3.77. The number of halogens is 1. The zero-order chi connectivity index (χ0) is 19.7. The number of nitrogens with one attached hydrogen (secondary N) is 1. The second kappa shape index (κ2) is 7.56. The molecule has 152 valence electrons. The number of benzene rings is 1. The number of hydrogen-bond donors (Lipinski definition) is 1. The van der Waals surface area contributed by atoms with Crippen molar-refractivity contribution in [1.82, 2.24) is 5.32 Å². The van der Waals surface area contributed by atoms with Crippen LogP contribution in [0.25, 0.3) is 0 Å². The van der Waals surface area contributed by atoms with Crippen LogP contribution in [0.5, 0.6) is 0 Å². The highest BCUT2D eigenvalue weighted by Gasteiger charge is 2.40. The summed E-state index contributed by atoms with van der Waals surface area (Å²) in [5.74, 6) is -0.571. The fourth-order valence-corrected chi connectivity index (χ4v) is 3.90. The van der Waals surface area contributed by atoms with Crippen LogP contribution in [0.4, 0.5) is 20.6 Å². The Morgan fingerprint density at radius 2 is 2.14 bits per heavy atom. The second-order valence-corrected chi connectivity index (χ2v) is 7.47. The van der Waals surface area contributed by atoms with Crippen molar-refractivity contribution in [3.63, 3.8) is 0 Å². The van der Waals surface area contributed by atoms with Crippen molar-refractivity contribution in [1.29, 1.82) is 0 Å². The Kier molecular flexibility index (Phi) is 5.11. The maximum atomic E-state index is 14.8. The number of amides is 2. The van der Waals surface area contributed by atoms with Gasteiger partial charge >= 0.3 is 6.09 Å². The zero-order valence-corrected chi connectivity index (χ0v) is 15.8. The molecule has 0 aromatic heterocycles. The molecule has 2 amide bonds. The maximum absolute atomic E-state index is 14.8. The molecule has 1 N–H and O–H groups in total. The standard InChI is InChI=1S/C19H24FN3O5/c1-13(24)21-9-15-10-23(18(25)28-15)14-2-3-17(16(20)8-14)22-6-4-19(5-7-22)11-26-12-27-19/h2-3,8,15H,4-7,9-12H2,1H3,(H,21,24)/t15-/m0/s1. The lowest BCUT2D eigenvalue weighted by Gasteiger charge is -2.38. The van der Waals surface area contributed by atoms with E-state index >= 15 is 0 Å². The average Bonchev–Trinajstić information content (AvgIpc) is 3.28. The van der Waals surface area contributed by atoms with Crippen LogP contribution >= 0.6 is 0 Å². The first-order valence-corrected chi connectivity index (χ1v) is 9.45. The number of anilines is 2. The number of carbonyl (C=O) groups excluding carboxylic acids is 2. The van der Waals surface area contributed by atoms with E-state index in [1.54, 1.807) is 12.1 Å². The van der Waals surface area contributed by atoms with Gasteiger partial charge in [0.2, 0.25) is 5.91 Å². The van der Waals surface area contributed by atoms with E-state index in [0.29, 0.717) is 37.9 Å². The molecular formula is C19H24FN3O5. The van der Waals surface area contributed by atoms with Gasteiger partial charge in [-0.25, -0.2) is 9.18 Å². The molecule has 0 aliphatic carbocycles. The summed E-state index contributed by atoms with van der Waals surface area (Å²) in [6.07, 6.45) is 0.585. The first-order chi connectivity index (χ1) is 13.5. The smallest absolute Gasteiger partial charge is 0.414 e. The first-order valence-electron chi connectivity index (χ1n) is 9.45. The minimum absolute atomic E-state index is 0.192. The largest absolute Gasteiger partial charge is 0.442 e. The number of cyclic esters (lactones) is 1. The quantitative estimate of drug-likeness (QED) is 0.838. The van der Waals surface area contributed by atoms with Crippen molar-refractivity contribution >= 4 is 23.4 Å². The van der Waals surface area contributed by atoms with E-state index in [1.165, 1.54) is 17.9 Å².